The minimum atomic E-state index is -0.433. The van der Waals surface area contributed by atoms with Crippen molar-refractivity contribution in [2.75, 3.05) is 0 Å². The zero-order valence-corrected chi connectivity index (χ0v) is 6.60. The quantitative estimate of drug-likeness (QED) is 0.312. The predicted molar refractivity (Wildman–Crippen MR) is 39.3 cm³/mol. The summed E-state index contributed by atoms with van der Waals surface area (Å²) in [6, 6.07) is 0. The van der Waals surface area contributed by atoms with Crippen molar-refractivity contribution >= 4 is 5.97 Å². The molecule has 10 heavy (non-hydrogen) atoms. The fourth-order valence-electron chi connectivity index (χ4n) is 0.404. The first-order valence-electron chi connectivity index (χ1n) is 3.36. The Kier molecular flexibility index (Phi) is 4.39. The van der Waals surface area contributed by atoms with Crippen LogP contribution in [0.3, 0.4) is 0 Å². The van der Waals surface area contributed by atoms with Crippen molar-refractivity contribution in [2.45, 2.75) is 33.3 Å². The van der Waals surface area contributed by atoms with Crippen molar-refractivity contribution in [3.63, 3.8) is 0 Å². The average Bonchev–Trinajstić information content (AvgIpc) is 1.82. The normalized spacial score (nSPS) is 8.40. The maximum Gasteiger partial charge on any atom is 0.384 e. The highest BCUT2D eigenvalue weighted by Gasteiger charge is 1.98. The van der Waals surface area contributed by atoms with Crippen LogP contribution in [-0.2, 0) is 9.53 Å². The lowest BCUT2D eigenvalue weighted by atomic mass is 10.4. The molecule has 0 aliphatic heterocycles. The van der Waals surface area contributed by atoms with Gasteiger partial charge in [-0.3, -0.25) is 0 Å². The van der Waals surface area contributed by atoms with Gasteiger partial charge >= 0.3 is 5.97 Å². The Hall–Kier alpha value is -0.970. The maximum absolute atomic E-state index is 10.6. The Morgan fingerprint density at radius 3 is 2.60 bits per heavy atom. The van der Waals surface area contributed by atoms with Gasteiger partial charge in [-0.05, 0) is 13.8 Å². The van der Waals surface area contributed by atoms with Crippen LogP contribution in [0, 0.1) is 11.8 Å². The zero-order chi connectivity index (χ0) is 7.98. The third-order valence-corrected chi connectivity index (χ3v) is 0.710. The standard InChI is InChI=1S/C8H12O2/c1-4-5-6-8(9)10-7(2)3/h7H,4H2,1-3H3. The van der Waals surface area contributed by atoms with E-state index < -0.39 is 5.97 Å². The van der Waals surface area contributed by atoms with Gasteiger partial charge in [0.05, 0.1) is 6.10 Å². The van der Waals surface area contributed by atoms with Gasteiger partial charge in [0.1, 0.15) is 0 Å². The number of carbonyl (C=O) groups excluding carboxylic acids is 1. The van der Waals surface area contributed by atoms with E-state index in [1.165, 1.54) is 0 Å². The summed E-state index contributed by atoms with van der Waals surface area (Å²) in [5, 5.41) is 0. The maximum atomic E-state index is 10.6. The van der Waals surface area contributed by atoms with E-state index in [9.17, 15) is 4.79 Å². The monoisotopic (exact) mass is 140 g/mol. The van der Waals surface area contributed by atoms with Gasteiger partial charge in [-0.15, -0.1) is 0 Å². The summed E-state index contributed by atoms with van der Waals surface area (Å²) in [4.78, 5) is 10.6. The average molecular weight is 140 g/mol. The van der Waals surface area contributed by atoms with Gasteiger partial charge in [-0.25, -0.2) is 4.79 Å². The third-order valence-electron chi connectivity index (χ3n) is 0.710. The van der Waals surface area contributed by atoms with Crippen LogP contribution < -0.4 is 0 Å². The fourth-order valence-corrected chi connectivity index (χ4v) is 0.404. The SMILES string of the molecule is CCC#CC(=O)OC(C)C. The topological polar surface area (TPSA) is 26.3 Å². The molecule has 0 amide bonds. The minimum Gasteiger partial charge on any atom is -0.453 e. The molecule has 0 bridgehead atoms. The molecule has 2 nitrogen and oxygen atoms in total. The van der Waals surface area contributed by atoms with E-state index in [1.807, 2.05) is 6.92 Å². The van der Waals surface area contributed by atoms with Gasteiger partial charge in [0.2, 0.25) is 0 Å². The van der Waals surface area contributed by atoms with Crippen LogP contribution >= 0.6 is 0 Å². The number of ether oxygens (including phenoxy) is 1. The second kappa shape index (κ2) is 4.87. The molecule has 0 heterocycles. The molecule has 0 aromatic rings. The molecule has 0 atom stereocenters. The molecule has 0 aromatic heterocycles. The molecule has 0 radical (unpaired) electrons. The van der Waals surface area contributed by atoms with E-state index in [2.05, 4.69) is 11.8 Å². The van der Waals surface area contributed by atoms with Crippen molar-refractivity contribution in [3.05, 3.63) is 0 Å². The molecule has 2 heteroatoms. The van der Waals surface area contributed by atoms with Crippen LogP contribution in [0.5, 0.6) is 0 Å². The smallest absolute Gasteiger partial charge is 0.384 e. The highest BCUT2D eigenvalue weighted by atomic mass is 16.5. The molecule has 0 aliphatic carbocycles. The van der Waals surface area contributed by atoms with Crippen LogP contribution in [0.4, 0.5) is 0 Å². The van der Waals surface area contributed by atoms with Crippen molar-refractivity contribution < 1.29 is 9.53 Å². The van der Waals surface area contributed by atoms with E-state index in [0.29, 0.717) is 6.42 Å². The molecule has 0 saturated carbocycles. The molecular weight excluding hydrogens is 128 g/mol. The molecule has 0 aliphatic rings. The summed E-state index contributed by atoms with van der Waals surface area (Å²) in [6.07, 6.45) is 0.617. The molecule has 0 fully saturated rings. The highest BCUT2D eigenvalue weighted by molar-refractivity contribution is 5.88. The molecule has 0 saturated heterocycles. The van der Waals surface area contributed by atoms with E-state index in [-0.39, 0.29) is 6.10 Å². The van der Waals surface area contributed by atoms with Crippen LogP contribution in [-0.4, -0.2) is 12.1 Å². The second-order valence-electron chi connectivity index (χ2n) is 2.11. The van der Waals surface area contributed by atoms with Gasteiger partial charge in [0, 0.05) is 12.3 Å². The number of carbonyl (C=O) groups is 1. The number of hydrogen-bond donors (Lipinski definition) is 0. The lowest BCUT2D eigenvalue weighted by Gasteiger charge is -2.01. The second-order valence-corrected chi connectivity index (χ2v) is 2.11. The Morgan fingerprint density at radius 2 is 2.20 bits per heavy atom. The summed E-state index contributed by atoms with van der Waals surface area (Å²) in [5.74, 6) is 4.55. The van der Waals surface area contributed by atoms with Crippen LogP contribution in [0.2, 0.25) is 0 Å². The lowest BCUT2D eigenvalue weighted by Crippen LogP contribution is -2.08. The summed E-state index contributed by atoms with van der Waals surface area (Å²) in [7, 11) is 0. The minimum absolute atomic E-state index is 0.0707. The molecular formula is C8H12O2. The van der Waals surface area contributed by atoms with Gasteiger partial charge in [-0.1, -0.05) is 12.8 Å². The van der Waals surface area contributed by atoms with E-state index in [4.69, 9.17) is 4.74 Å². The molecule has 0 spiro atoms. The lowest BCUT2D eigenvalue weighted by molar-refractivity contribution is -0.140. The summed E-state index contributed by atoms with van der Waals surface area (Å²) in [5.41, 5.74) is 0. The highest BCUT2D eigenvalue weighted by Crippen LogP contribution is 1.86. The largest absolute Gasteiger partial charge is 0.453 e. The van der Waals surface area contributed by atoms with E-state index in [0.717, 1.165) is 0 Å². The van der Waals surface area contributed by atoms with Crippen molar-refractivity contribution in [1.29, 1.82) is 0 Å². The predicted octanol–water partition coefficient (Wildman–Crippen LogP) is 1.35. The van der Waals surface area contributed by atoms with Crippen molar-refractivity contribution in [1.82, 2.24) is 0 Å². The summed E-state index contributed by atoms with van der Waals surface area (Å²) >= 11 is 0. The Bertz CT molecular complexity index is 160. The van der Waals surface area contributed by atoms with Gasteiger partial charge in [0.15, 0.2) is 0 Å². The molecule has 56 valence electrons. The van der Waals surface area contributed by atoms with Gasteiger partial charge in [0.25, 0.3) is 0 Å². The summed E-state index contributed by atoms with van der Waals surface area (Å²) < 4.78 is 4.74. The number of hydrogen-bond acceptors (Lipinski definition) is 2. The van der Waals surface area contributed by atoms with Crippen LogP contribution in [0.1, 0.15) is 27.2 Å². The van der Waals surface area contributed by atoms with E-state index >= 15 is 0 Å². The Balaban J connectivity index is 3.64. The zero-order valence-electron chi connectivity index (χ0n) is 6.60. The molecule has 0 N–H and O–H groups in total. The fraction of sp³-hybridized carbons (Fsp3) is 0.625. The number of rotatable bonds is 1. The Labute approximate surface area is 61.6 Å². The Morgan fingerprint density at radius 1 is 1.60 bits per heavy atom. The van der Waals surface area contributed by atoms with Gasteiger partial charge < -0.3 is 4.74 Å². The first-order chi connectivity index (χ1) is 4.66. The molecule has 0 aromatic carbocycles. The van der Waals surface area contributed by atoms with Crippen LogP contribution in [0.25, 0.3) is 0 Å². The van der Waals surface area contributed by atoms with Crippen molar-refractivity contribution in [3.8, 4) is 11.8 Å². The van der Waals surface area contributed by atoms with Crippen molar-refractivity contribution in [2.24, 2.45) is 0 Å². The van der Waals surface area contributed by atoms with Crippen LogP contribution in [0.15, 0.2) is 0 Å². The number of esters is 1. The first-order valence-corrected chi connectivity index (χ1v) is 3.36. The third kappa shape index (κ3) is 5.17. The van der Waals surface area contributed by atoms with E-state index in [1.54, 1.807) is 13.8 Å². The molecule has 0 unspecified atom stereocenters. The van der Waals surface area contributed by atoms with Gasteiger partial charge in [-0.2, -0.15) is 0 Å². The summed E-state index contributed by atoms with van der Waals surface area (Å²) in [6.45, 7) is 5.48. The first kappa shape index (κ1) is 9.03. The molecule has 0 rings (SSSR count).